The van der Waals surface area contributed by atoms with E-state index < -0.39 is 0 Å². The molecule has 0 aliphatic heterocycles. The topological polar surface area (TPSA) is 0 Å². The van der Waals surface area contributed by atoms with Crippen molar-refractivity contribution in [1.82, 2.24) is 0 Å². The van der Waals surface area contributed by atoms with E-state index in [1.54, 1.807) is 0 Å². The molecule has 0 aromatic heterocycles. The van der Waals surface area contributed by atoms with Gasteiger partial charge in [0.25, 0.3) is 0 Å². The van der Waals surface area contributed by atoms with E-state index in [2.05, 4.69) is 90.8 Å². The molecule has 0 saturated carbocycles. The Morgan fingerprint density at radius 3 is 2.22 bits per heavy atom. The molecular weight excluding hydrogens is 408 g/mol. The van der Waals surface area contributed by atoms with Crippen molar-refractivity contribution in [1.29, 1.82) is 0 Å². The third-order valence-corrected chi connectivity index (χ3v) is 8.30. The first-order valence-corrected chi connectivity index (χ1v) is 11.9. The van der Waals surface area contributed by atoms with E-state index in [1.807, 2.05) is 6.08 Å². The van der Waals surface area contributed by atoms with Gasteiger partial charge in [0.15, 0.2) is 0 Å². The number of rotatable bonds is 1. The number of benzene rings is 3. The Labute approximate surface area is 197 Å². The monoisotopic (exact) mass is 438 g/mol. The Balaban J connectivity index is 1.89. The lowest BCUT2D eigenvalue weighted by molar-refractivity contribution is 0.341. The molecule has 5 rings (SSSR count). The molecule has 0 saturated heterocycles. The number of hydrogen-bond donors (Lipinski definition) is 0. The quantitative estimate of drug-likeness (QED) is 0.337. The zero-order valence-electron chi connectivity index (χ0n) is 20.2. The summed E-state index contributed by atoms with van der Waals surface area (Å²) in [5, 5.41) is 7.40. The van der Waals surface area contributed by atoms with Crippen LogP contribution in [-0.2, 0) is 5.41 Å². The number of halogens is 1. The first-order chi connectivity index (χ1) is 15.0. The van der Waals surface area contributed by atoms with Crippen molar-refractivity contribution in [3.63, 3.8) is 0 Å². The highest BCUT2D eigenvalue weighted by atomic mass is 35.5. The molecule has 0 spiro atoms. The normalized spacial score (nSPS) is 22.6. The first-order valence-electron chi connectivity index (χ1n) is 11.5. The molecular formula is C31H31Cl. The Kier molecular flexibility index (Phi) is 4.51. The largest absolute Gasteiger partial charge is 0.114 e. The van der Waals surface area contributed by atoms with Crippen LogP contribution in [0.2, 0.25) is 0 Å². The van der Waals surface area contributed by atoms with Gasteiger partial charge in [-0.25, -0.2) is 0 Å². The average molecular weight is 439 g/mol. The molecule has 2 aliphatic rings. The third kappa shape index (κ3) is 2.77. The van der Waals surface area contributed by atoms with E-state index in [0.29, 0.717) is 16.9 Å². The third-order valence-electron chi connectivity index (χ3n) is 8.08. The number of fused-ring (bicyclic) bond motifs is 2. The van der Waals surface area contributed by atoms with Crippen molar-refractivity contribution in [3.8, 4) is 12.3 Å². The van der Waals surface area contributed by atoms with Crippen LogP contribution in [0.3, 0.4) is 0 Å². The van der Waals surface area contributed by atoms with Crippen LogP contribution in [0.4, 0.5) is 0 Å². The maximum atomic E-state index is 6.33. The van der Waals surface area contributed by atoms with E-state index in [9.17, 15) is 0 Å². The van der Waals surface area contributed by atoms with Gasteiger partial charge in [0.1, 0.15) is 0 Å². The molecule has 2 aliphatic carbocycles. The summed E-state index contributed by atoms with van der Waals surface area (Å²) < 4.78 is 0. The van der Waals surface area contributed by atoms with Gasteiger partial charge in [-0.05, 0) is 74.2 Å². The smallest absolute Gasteiger partial charge is 0.0904 e. The summed E-state index contributed by atoms with van der Waals surface area (Å²) in [6.07, 6.45) is 7.63. The predicted octanol–water partition coefficient (Wildman–Crippen LogP) is 8.01. The Hall–Kier alpha value is -2.49. The predicted molar refractivity (Wildman–Crippen MR) is 140 cm³/mol. The fourth-order valence-corrected chi connectivity index (χ4v) is 6.67. The summed E-state index contributed by atoms with van der Waals surface area (Å²) in [6, 6.07) is 14.2. The number of terminal acetylenes is 1. The Morgan fingerprint density at radius 2 is 1.62 bits per heavy atom. The van der Waals surface area contributed by atoms with E-state index in [0.717, 1.165) is 0 Å². The molecule has 0 heterocycles. The SMILES string of the molecule is C#C/C(Cl)=C\C1=C(C)C2c3ccc4cc(C(C)(C)C)cc5ccc(c3c45)=C(C)C2C1(C)C. The molecule has 3 aromatic carbocycles. The summed E-state index contributed by atoms with van der Waals surface area (Å²) in [5.41, 5.74) is 7.07. The molecule has 3 aromatic rings. The maximum absolute atomic E-state index is 6.33. The molecule has 1 heteroatoms. The van der Waals surface area contributed by atoms with Crippen molar-refractivity contribution in [2.75, 3.05) is 0 Å². The molecule has 0 fully saturated rings. The summed E-state index contributed by atoms with van der Waals surface area (Å²) in [7, 11) is 0. The van der Waals surface area contributed by atoms with Gasteiger partial charge in [-0.2, -0.15) is 0 Å². The summed E-state index contributed by atoms with van der Waals surface area (Å²) in [4.78, 5) is 0. The fraction of sp³-hybridized carbons (Fsp3) is 0.355. The summed E-state index contributed by atoms with van der Waals surface area (Å²) >= 11 is 6.33. The van der Waals surface area contributed by atoms with Crippen molar-refractivity contribution in [2.45, 2.75) is 59.8 Å². The standard InChI is InChI=1S/C31H31Cl/c1-9-22(32)16-25-18(3)26-24-13-11-20-15-21(30(4,5)6)14-19-10-12-23(28(24)27(19)20)17(2)29(26)31(25,7)8/h1,10-16,26,29H,2-8H3/b22-16+. The molecule has 2 unspecified atom stereocenters. The van der Waals surface area contributed by atoms with Crippen LogP contribution >= 0.6 is 11.6 Å². The second kappa shape index (κ2) is 6.76. The maximum Gasteiger partial charge on any atom is 0.0904 e. The van der Waals surface area contributed by atoms with Crippen molar-refractivity contribution < 1.29 is 0 Å². The van der Waals surface area contributed by atoms with Crippen LogP contribution < -0.4 is 5.22 Å². The van der Waals surface area contributed by atoms with E-state index >= 15 is 0 Å². The van der Waals surface area contributed by atoms with Gasteiger partial charge in [0, 0.05) is 11.8 Å². The van der Waals surface area contributed by atoms with Crippen LogP contribution in [0.15, 0.2) is 58.7 Å². The van der Waals surface area contributed by atoms with Gasteiger partial charge in [0.2, 0.25) is 0 Å². The molecule has 0 radical (unpaired) electrons. The Bertz CT molecular complexity index is 1440. The molecule has 0 amide bonds. The lowest BCUT2D eigenvalue weighted by Gasteiger charge is -2.38. The van der Waals surface area contributed by atoms with Gasteiger partial charge >= 0.3 is 0 Å². The van der Waals surface area contributed by atoms with E-state index in [4.69, 9.17) is 18.0 Å². The minimum absolute atomic E-state index is 0.0420. The van der Waals surface area contributed by atoms with Gasteiger partial charge in [-0.15, -0.1) is 6.42 Å². The highest BCUT2D eigenvalue weighted by Gasteiger charge is 2.49. The van der Waals surface area contributed by atoms with Gasteiger partial charge < -0.3 is 0 Å². The van der Waals surface area contributed by atoms with Crippen LogP contribution in [-0.4, -0.2) is 0 Å². The highest BCUT2D eigenvalue weighted by Crippen LogP contribution is 2.60. The molecule has 0 bridgehead atoms. The Morgan fingerprint density at radius 1 is 1.00 bits per heavy atom. The average Bonchev–Trinajstić information content (AvgIpc) is 2.93. The van der Waals surface area contributed by atoms with Crippen molar-refractivity contribution in [3.05, 3.63) is 75.0 Å². The van der Waals surface area contributed by atoms with Crippen LogP contribution in [0.5, 0.6) is 0 Å². The molecule has 2 atom stereocenters. The summed E-state index contributed by atoms with van der Waals surface area (Å²) in [6.45, 7) is 16.2. The van der Waals surface area contributed by atoms with Crippen LogP contribution in [0.25, 0.3) is 27.1 Å². The van der Waals surface area contributed by atoms with Crippen LogP contribution in [0.1, 0.15) is 65.5 Å². The van der Waals surface area contributed by atoms with Gasteiger partial charge in [-0.3, -0.25) is 0 Å². The van der Waals surface area contributed by atoms with Gasteiger partial charge in [-0.1, -0.05) is 99.7 Å². The fourth-order valence-electron chi connectivity index (χ4n) is 6.56. The highest BCUT2D eigenvalue weighted by molar-refractivity contribution is 6.32. The molecule has 0 N–H and O–H groups in total. The second-order valence-electron chi connectivity index (χ2n) is 11.3. The van der Waals surface area contributed by atoms with E-state index in [1.165, 1.54) is 54.6 Å². The zero-order chi connectivity index (χ0) is 23.2. The summed E-state index contributed by atoms with van der Waals surface area (Å²) in [5.74, 6) is 3.35. The number of allylic oxidation sites excluding steroid dienone is 4. The van der Waals surface area contributed by atoms with Crippen molar-refractivity contribution >= 4 is 38.7 Å². The van der Waals surface area contributed by atoms with Crippen molar-refractivity contribution in [2.24, 2.45) is 11.3 Å². The molecule has 162 valence electrons. The zero-order valence-corrected chi connectivity index (χ0v) is 20.9. The minimum atomic E-state index is -0.0420. The second-order valence-corrected chi connectivity index (χ2v) is 11.7. The lowest BCUT2D eigenvalue weighted by atomic mass is 9.65. The van der Waals surface area contributed by atoms with Gasteiger partial charge in [0.05, 0.1) is 5.03 Å². The molecule has 32 heavy (non-hydrogen) atoms. The van der Waals surface area contributed by atoms with Crippen LogP contribution in [0, 0.1) is 23.7 Å². The lowest BCUT2D eigenvalue weighted by Crippen LogP contribution is -2.32. The molecule has 0 nitrogen and oxygen atoms in total. The number of hydrogen-bond acceptors (Lipinski definition) is 0. The minimum Gasteiger partial charge on any atom is -0.114 e. The first kappa shape index (κ1) is 21.4. The van der Waals surface area contributed by atoms with E-state index in [-0.39, 0.29) is 10.8 Å².